The van der Waals surface area contributed by atoms with Crippen molar-refractivity contribution < 1.29 is 32.6 Å². The van der Waals surface area contributed by atoms with Gasteiger partial charge >= 0.3 is 12.1 Å². The quantitative estimate of drug-likeness (QED) is 0.422. The normalized spacial score (nSPS) is 11.8. The van der Waals surface area contributed by atoms with Crippen molar-refractivity contribution in [2.24, 2.45) is 0 Å². The van der Waals surface area contributed by atoms with Gasteiger partial charge in [-0.25, -0.2) is 23.4 Å². The van der Waals surface area contributed by atoms with E-state index < -0.39 is 29.7 Å². The van der Waals surface area contributed by atoms with Gasteiger partial charge in [-0.2, -0.15) is 0 Å². The molecule has 0 aliphatic rings. The van der Waals surface area contributed by atoms with Crippen LogP contribution in [-0.2, 0) is 22.6 Å². The van der Waals surface area contributed by atoms with Gasteiger partial charge in [0.2, 0.25) is 5.89 Å². The highest BCUT2D eigenvalue weighted by molar-refractivity contribution is 5.80. The number of alkyl carbamates (subject to hydrolysis) is 1. The number of carboxylic acids is 1. The van der Waals surface area contributed by atoms with E-state index in [9.17, 15) is 23.5 Å². The van der Waals surface area contributed by atoms with Gasteiger partial charge in [0.25, 0.3) is 0 Å². The van der Waals surface area contributed by atoms with E-state index in [1.165, 1.54) is 0 Å². The Bertz CT molecular complexity index is 1290. The van der Waals surface area contributed by atoms with Gasteiger partial charge < -0.3 is 19.6 Å². The fraction of sp³-hybridized carbons (Fsp3) is 0.125. The number of aliphatic carboxylic acids is 1. The molecule has 7 nitrogen and oxygen atoms in total. The minimum absolute atomic E-state index is 0.0458. The molecule has 1 amide bonds. The zero-order chi connectivity index (χ0) is 23.4. The van der Waals surface area contributed by atoms with Gasteiger partial charge in [0.15, 0.2) is 5.58 Å². The first kappa shape index (κ1) is 21.9. The number of fused-ring (bicyclic) bond motifs is 1. The third kappa shape index (κ3) is 5.51. The predicted molar refractivity (Wildman–Crippen MR) is 114 cm³/mol. The largest absolute Gasteiger partial charge is 0.480 e. The van der Waals surface area contributed by atoms with Crippen LogP contribution in [0.3, 0.4) is 0 Å². The molecule has 0 fully saturated rings. The molecule has 1 heterocycles. The van der Waals surface area contributed by atoms with Crippen LogP contribution in [-0.4, -0.2) is 28.2 Å². The summed E-state index contributed by atoms with van der Waals surface area (Å²) < 4.78 is 37.6. The Morgan fingerprint density at radius 2 is 1.73 bits per heavy atom. The maximum atomic E-state index is 13.5. The zero-order valence-corrected chi connectivity index (χ0v) is 17.1. The van der Waals surface area contributed by atoms with Crippen LogP contribution in [0, 0.1) is 11.6 Å². The molecule has 0 aliphatic carbocycles. The third-order valence-electron chi connectivity index (χ3n) is 4.80. The molecule has 1 atom stereocenters. The average Bonchev–Trinajstić information content (AvgIpc) is 3.21. The van der Waals surface area contributed by atoms with Gasteiger partial charge in [-0.05, 0) is 35.4 Å². The Kier molecular flexibility index (Phi) is 6.30. The Morgan fingerprint density at radius 3 is 2.42 bits per heavy atom. The molecule has 4 rings (SSSR count). The van der Waals surface area contributed by atoms with Crippen molar-refractivity contribution in [3.05, 3.63) is 89.5 Å². The number of carboxylic acid groups (broad SMARTS) is 1. The molecule has 33 heavy (non-hydrogen) atoms. The summed E-state index contributed by atoms with van der Waals surface area (Å²) in [7, 11) is 0. The number of carbonyl (C=O) groups excluding carboxylic acids is 1. The van der Waals surface area contributed by atoms with Crippen molar-refractivity contribution in [3.63, 3.8) is 0 Å². The van der Waals surface area contributed by atoms with Crippen LogP contribution >= 0.6 is 0 Å². The van der Waals surface area contributed by atoms with E-state index >= 15 is 0 Å². The number of hydrogen-bond donors (Lipinski definition) is 2. The first-order valence-electron chi connectivity index (χ1n) is 9.93. The van der Waals surface area contributed by atoms with Crippen LogP contribution in [0.15, 0.2) is 71.1 Å². The van der Waals surface area contributed by atoms with Crippen molar-refractivity contribution in [1.82, 2.24) is 10.3 Å². The molecule has 0 bridgehead atoms. The fourth-order valence-electron chi connectivity index (χ4n) is 3.25. The lowest BCUT2D eigenvalue weighted by atomic mass is 10.1. The van der Waals surface area contributed by atoms with Gasteiger partial charge in [-0.1, -0.05) is 36.4 Å². The van der Waals surface area contributed by atoms with Gasteiger partial charge in [-0.3, -0.25) is 0 Å². The maximum Gasteiger partial charge on any atom is 0.408 e. The second-order valence-electron chi connectivity index (χ2n) is 7.28. The van der Waals surface area contributed by atoms with E-state index in [0.717, 1.165) is 23.8 Å². The van der Waals surface area contributed by atoms with Crippen LogP contribution in [0.4, 0.5) is 13.6 Å². The lowest BCUT2D eigenvalue weighted by Crippen LogP contribution is -2.42. The topological polar surface area (TPSA) is 102 Å². The zero-order valence-electron chi connectivity index (χ0n) is 17.1. The fourth-order valence-corrected chi connectivity index (χ4v) is 3.25. The van der Waals surface area contributed by atoms with Crippen LogP contribution in [0.1, 0.15) is 11.1 Å². The molecule has 1 aromatic heterocycles. The summed E-state index contributed by atoms with van der Waals surface area (Å²) in [4.78, 5) is 27.9. The van der Waals surface area contributed by atoms with Crippen molar-refractivity contribution in [2.75, 3.05) is 0 Å². The molecule has 4 aromatic rings. The standard InChI is InChI=1S/C24H18F2N2O5/c25-17-10-16(11-18(26)12-17)22-27-19-9-15(6-7-21(19)33-22)13-32-24(31)28-20(23(29)30)8-14-4-2-1-3-5-14/h1-7,9-12,20H,8,13H2,(H,28,31)(H,29,30). The Hall–Kier alpha value is -4.27. The SMILES string of the molecule is O=C(NC(Cc1ccccc1)C(=O)O)OCc1ccc2oc(-c3cc(F)cc(F)c3)nc2c1. The number of aromatic nitrogens is 1. The summed E-state index contributed by atoms with van der Waals surface area (Å²) in [5.74, 6) is -2.64. The molecule has 0 radical (unpaired) electrons. The monoisotopic (exact) mass is 452 g/mol. The molecule has 168 valence electrons. The smallest absolute Gasteiger partial charge is 0.408 e. The van der Waals surface area contributed by atoms with Crippen LogP contribution in [0.5, 0.6) is 0 Å². The number of rotatable bonds is 7. The number of oxazole rings is 1. The predicted octanol–water partition coefficient (Wildman–Crippen LogP) is 4.70. The summed E-state index contributed by atoms with van der Waals surface area (Å²) in [6.07, 6.45) is -0.769. The minimum Gasteiger partial charge on any atom is -0.480 e. The number of nitrogens with zero attached hydrogens (tertiary/aromatic N) is 1. The summed E-state index contributed by atoms with van der Waals surface area (Å²) in [5.41, 5.74) is 2.27. The number of ether oxygens (including phenoxy) is 1. The lowest BCUT2D eigenvalue weighted by Gasteiger charge is -2.14. The van der Waals surface area contributed by atoms with Crippen molar-refractivity contribution in [2.45, 2.75) is 19.1 Å². The van der Waals surface area contributed by atoms with Gasteiger partial charge in [0.1, 0.15) is 29.8 Å². The molecule has 2 N–H and O–H groups in total. The Balaban J connectivity index is 1.41. The van der Waals surface area contributed by atoms with Crippen molar-refractivity contribution in [1.29, 1.82) is 0 Å². The molecular formula is C24H18F2N2O5. The van der Waals surface area contributed by atoms with Gasteiger partial charge in [0.05, 0.1) is 0 Å². The maximum absolute atomic E-state index is 13.5. The first-order chi connectivity index (χ1) is 15.9. The van der Waals surface area contributed by atoms with Crippen LogP contribution < -0.4 is 5.32 Å². The Labute approximate surface area is 186 Å². The summed E-state index contributed by atoms with van der Waals surface area (Å²) in [6.45, 7) is -0.143. The number of amides is 1. The van der Waals surface area contributed by atoms with Crippen LogP contribution in [0.25, 0.3) is 22.6 Å². The molecule has 3 aromatic carbocycles. The summed E-state index contributed by atoms with van der Waals surface area (Å²) >= 11 is 0. The summed E-state index contributed by atoms with van der Waals surface area (Å²) in [6, 6.07) is 15.6. The molecule has 1 unspecified atom stereocenters. The number of nitrogens with one attached hydrogen (secondary N) is 1. The van der Waals surface area contributed by atoms with Crippen molar-refractivity contribution in [3.8, 4) is 11.5 Å². The summed E-state index contributed by atoms with van der Waals surface area (Å²) in [5, 5.41) is 11.7. The van der Waals surface area contributed by atoms with E-state index in [4.69, 9.17) is 9.15 Å². The Morgan fingerprint density at radius 1 is 1.00 bits per heavy atom. The number of carbonyl (C=O) groups is 2. The first-order valence-corrected chi connectivity index (χ1v) is 9.93. The van der Waals surface area contributed by atoms with E-state index in [0.29, 0.717) is 16.7 Å². The minimum atomic E-state index is -1.18. The van der Waals surface area contributed by atoms with E-state index in [-0.39, 0.29) is 24.5 Å². The van der Waals surface area contributed by atoms with Crippen molar-refractivity contribution >= 4 is 23.2 Å². The second kappa shape index (κ2) is 9.47. The van der Waals surface area contributed by atoms with Crippen LogP contribution in [0.2, 0.25) is 0 Å². The highest BCUT2D eigenvalue weighted by Crippen LogP contribution is 2.26. The average molecular weight is 452 g/mol. The number of hydrogen-bond acceptors (Lipinski definition) is 5. The molecule has 0 spiro atoms. The van der Waals surface area contributed by atoms with E-state index in [2.05, 4.69) is 10.3 Å². The lowest BCUT2D eigenvalue weighted by molar-refractivity contribution is -0.139. The molecule has 0 aliphatic heterocycles. The van der Waals surface area contributed by atoms with Gasteiger partial charge in [-0.15, -0.1) is 0 Å². The highest BCUT2D eigenvalue weighted by atomic mass is 19.1. The number of halogens is 2. The van der Waals surface area contributed by atoms with E-state index in [1.807, 2.05) is 6.07 Å². The molecular weight excluding hydrogens is 434 g/mol. The van der Waals surface area contributed by atoms with E-state index in [1.54, 1.807) is 42.5 Å². The molecule has 0 saturated heterocycles. The highest BCUT2D eigenvalue weighted by Gasteiger charge is 2.21. The molecule has 9 heteroatoms. The number of benzene rings is 3. The third-order valence-corrected chi connectivity index (χ3v) is 4.80. The second-order valence-corrected chi connectivity index (χ2v) is 7.28. The van der Waals surface area contributed by atoms with Gasteiger partial charge in [0, 0.05) is 18.1 Å². The molecule has 0 saturated carbocycles.